The van der Waals surface area contributed by atoms with Crippen LogP contribution in [-0.4, -0.2) is 35.5 Å². The standard InChI is InChI=1S/C12H24N2OS/c1-12(2,3)14-9-11(15)13-8-10-6-4-5-7-16-10/h10,14H,4-9H2,1-3H3,(H,13,15). The number of nitrogens with one attached hydrogen (secondary N) is 2. The van der Waals surface area contributed by atoms with Crippen molar-refractivity contribution in [3.05, 3.63) is 0 Å². The second-order valence-electron chi connectivity index (χ2n) is 5.40. The molecule has 0 aromatic heterocycles. The van der Waals surface area contributed by atoms with Crippen molar-refractivity contribution in [1.29, 1.82) is 0 Å². The molecule has 16 heavy (non-hydrogen) atoms. The van der Waals surface area contributed by atoms with Crippen LogP contribution in [0.2, 0.25) is 0 Å². The normalized spacial score (nSPS) is 21.8. The molecule has 0 spiro atoms. The van der Waals surface area contributed by atoms with Crippen LogP contribution in [0.4, 0.5) is 0 Å². The highest BCUT2D eigenvalue weighted by atomic mass is 32.2. The maximum Gasteiger partial charge on any atom is 0.234 e. The molecule has 1 rings (SSSR count). The van der Waals surface area contributed by atoms with Crippen molar-refractivity contribution < 1.29 is 4.79 Å². The van der Waals surface area contributed by atoms with Gasteiger partial charge in [-0.2, -0.15) is 11.8 Å². The minimum absolute atomic E-state index is 0.0108. The molecule has 0 aromatic carbocycles. The first-order valence-corrected chi connectivity index (χ1v) is 7.15. The first kappa shape index (κ1) is 13.8. The van der Waals surface area contributed by atoms with Gasteiger partial charge in [-0.25, -0.2) is 0 Å². The third-order valence-corrected chi connectivity index (χ3v) is 3.98. The Hall–Kier alpha value is -0.220. The van der Waals surface area contributed by atoms with Crippen molar-refractivity contribution in [2.75, 3.05) is 18.8 Å². The lowest BCUT2D eigenvalue weighted by molar-refractivity contribution is -0.120. The van der Waals surface area contributed by atoms with Crippen LogP contribution in [0.5, 0.6) is 0 Å². The van der Waals surface area contributed by atoms with Crippen LogP contribution in [0.15, 0.2) is 0 Å². The van der Waals surface area contributed by atoms with Gasteiger partial charge in [0.2, 0.25) is 5.91 Å². The number of hydrogen-bond acceptors (Lipinski definition) is 3. The van der Waals surface area contributed by atoms with Gasteiger partial charge in [-0.3, -0.25) is 4.79 Å². The zero-order valence-corrected chi connectivity index (χ0v) is 11.5. The number of rotatable bonds is 4. The summed E-state index contributed by atoms with van der Waals surface area (Å²) < 4.78 is 0. The highest BCUT2D eigenvalue weighted by Gasteiger charge is 2.15. The second kappa shape index (κ2) is 6.50. The number of carbonyl (C=O) groups is 1. The lowest BCUT2D eigenvalue weighted by Gasteiger charge is -2.23. The molecule has 1 aliphatic heterocycles. The van der Waals surface area contributed by atoms with Gasteiger partial charge in [0.1, 0.15) is 0 Å². The lowest BCUT2D eigenvalue weighted by Crippen LogP contribution is -2.44. The summed E-state index contributed by atoms with van der Waals surface area (Å²) in [5.74, 6) is 1.36. The molecular weight excluding hydrogens is 220 g/mol. The average Bonchev–Trinajstić information content (AvgIpc) is 2.24. The molecule has 1 heterocycles. The predicted molar refractivity (Wildman–Crippen MR) is 70.9 cm³/mol. The number of amides is 1. The Kier molecular flexibility index (Phi) is 5.62. The van der Waals surface area contributed by atoms with Crippen LogP contribution in [-0.2, 0) is 4.79 Å². The number of thioether (sulfide) groups is 1. The van der Waals surface area contributed by atoms with Crippen LogP contribution in [0.25, 0.3) is 0 Å². The van der Waals surface area contributed by atoms with E-state index in [0.29, 0.717) is 11.8 Å². The van der Waals surface area contributed by atoms with E-state index in [9.17, 15) is 4.79 Å². The van der Waals surface area contributed by atoms with E-state index in [1.165, 1.54) is 25.0 Å². The maximum atomic E-state index is 11.5. The predicted octanol–water partition coefficient (Wildman–Crippen LogP) is 1.78. The van der Waals surface area contributed by atoms with Crippen LogP contribution in [0.1, 0.15) is 40.0 Å². The fourth-order valence-electron chi connectivity index (χ4n) is 1.60. The summed E-state index contributed by atoms with van der Waals surface area (Å²) >= 11 is 1.99. The molecular formula is C12H24N2OS. The van der Waals surface area contributed by atoms with E-state index in [2.05, 4.69) is 31.4 Å². The molecule has 94 valence electrons. The van der Waals surface area contributed by atoms with Crippen LogP contribution < -0.4 is 10.6 Å². The van der Waals surface area contributed by atoms with E-state index in [4.69, 9.17) is 0 Å². The van der Waals surface area contributed by atoms with Crippen molar-refractivity contribution in [3.8, 4) is 0 Å². The fraction of sp³-hybridized carbons (Fsp3) is 0.917. The molecule has 4 heteroatoms. The van der Waals surface area contributed by atoms with E-state index in [1.807, 2.05) is 11.8 Å². The maximum absolute atomic E-state index is 11.5. The average molecular weight is 244 g/mol. The summed E-state index contributed by atoms with van der Waals surface area (Å²) in [6.07, 6.45) is 3.89. The van der Waals surface area contributed by atoms with Gasteiger partial charge in [-0.15, -0.1) is 0 Å². The van der Waals surface area contributed by atoms with Gasteiger partial charge >= 0.3 is 0 Å². The van der Waals surface area contributed by atoms with Gasteiger partial charge < -0.3 is 10.6 Å². The Bertz CT molecular complexity index is 220. The minimum Gasteiger partial charge on any atom is -0.354 e. The van der Waals surface area contributed by atoms with Crippen molar-refractivity contribution >= 4 is 17.7 Å². The summed E-state index contributed by atoms with van der Waals surface area (Å²) in [6.45, 7) is 7.45. The molecule has 1 unspecified atom stereocenters. The largest absolute Gasteiger partial charge is 0.354 e. The Morgan fingerprint density at radius 1 is 1.38 bits per heavy atom. The fourth-order valence-corrected chi connectivity index (χ4v) is 2.84. The monoisotopic (exact) mass is 244 g/mol. The van der Waals surface area contributed by atoms with E-state index in [0.717, 1.165) is 6.54 Å². The lowest BCUT2D eigenvalue weighted by atomic mass is 10.1. The Morgan fingerprint density at radius 3 is 2.69 bits per heavy atom. The molecule has 1 amide bonds. The molecule has 1 saturated heterocycles. The highest BCUT2D eigenvalue weighted by Crippen LogP contribution is 2.24. The number of carbonyl (C=O) groups excluding carboxylic acids is 1. The first-order valence-electron chi connectivity index (χ1n) is 6.11. The molecule has 0 aliphatic carbocycles. The molecule has 1 fully saturated rings. The third kappa shape index (κ3) is 6.38. The summed E-state index contributed by atoms with van der Waals surface area (Å²) in [5, 5.41) is 6.83. The van der Waals surface area contributed by atoms with E-state index in [1.54, 1.807) is 0 Å². The Balaban J connectivity index is 2.09. The molecule has 1 atom stereocenters. The summed E-state index contributed by atoms with van der Waals surface area (Å²) in [7, 11) is 0. The topological polar surface area (TPSA) is 41.1 Å². The van der Waals surface area contributed by atoms with Crippen LogP contribution in [0, 0.1) is 0 Å². The molecule has 0 bridgehead atoms. The summed E-state index contributed by atoms with van der Waals surface area (Å²) in [5.41, 5.74) is 0.0108. The highest BCUT2D eigenvalue weighted by molar-refractivity contribution is 7.99. The molecule has 0 radical (unpaired) electrons. The van der Waals surface area contributed by atoms with Crippen molar-refractivity contribution in [2.45, 2.75) is 50.8 Å². The zero-order valence-electron chi connectivity index (χ0n) is 10.6. The van der Waals surface area contributed by atoms with Gasteiger partial charge in [0.25, 0.3) is 0 Å². The van der Waals surface area contributed by atoms with Gasteiger partial charge in [-0.05, 0) is 39.4 Å². The third-order valence-electron chi connectivity index (χ3n) is 2.58. The number of hydrogen-bond donors (Lipinski definition) is 2. The van der Waals surface area contributed by atoms with E-state index < -0.39 is 0 Å². The molecule has 0 aromatic rings. The van der Waals surface area contributed by atoms with Gasteiger partial charge in [-0.1, -0.05) is 6.42 Å². The smallest absolute Gasteiger partial charge is 0.234 e. The molecule has 1 aliphatic rings. The molecule has 2 N–H and O–H groups in total. The second-order valence-corrected chi connectivity index (χ2v) is 6.80. The van der Waals surface area contributed by atoms with E-state index in [-0.39, 0.29) is 11.4 Å². The van der Waals surface area contributed by atoms with Gasteiger partial charge in [0, 0.05) is 17.3 Å². The minimum atomic E-state index is 0.0108. The van der Waals surface area contributed by atoms with Crippen LogP contribution in [0.3, 0.4) is 0 Å². The van der Waals surface area contributed by atoms with Crippen molar-refractivity contribution in [2.24, 2.45) is 0 Å². The molecule has 0 saturated carbocycles. The summed E-state index contributed by atoms with van der Waals surface area (Å²) in [4.78, 5) is 11.5. The van der Waals surface area contributed by atoms with E-state index >= 15 is 0 Å². The molecule has 3 nitrogen and oxygen atoms in total. The quantitative estimate of drug-likeness (QED) is 0.792. The SMILES string of the molecule is CC(C)(C)NCC(=O)NCC1CCCCS1. The first-order chi connectivity index (χ1) is 7.47. The van der Waals surface area contributed by atoms with Crippen molar-refractivity contribution in [3.63, 3.8) is 0 Å². The Morgan fingerprint density at radius 2 is 2.12 bits per heavy atom. The van der Waals surface area contributed by atoms with Gasteiger partial charge in [0.15, 0.2) is 0 Å². The van der Waals surface area contributed by atoms with Gasteiger partial charge in [0.05, 0.1) is 6.54 Å². The summed E-state index contributed by atoms with van der Waals surface area (Å²) in [6, 6.07) is 0. The zero-order chi connectivity index (χ0) is 12.0. The Labute approximate surface area is 103 Å². The van der Waals surface area contributed by atoms with Crippen LogP contribution >= 0.6 is 11.8 Å². The van der Waals surface area contributed by atoms with Crippen molar-refractivity contribution in [1.82, 2.24) is 10.6 Å².